The summed E-state index contributed by atoms with van der Waals surface area (Å²) in [5, 5.41) is 6.61. The van der Waals surface area contributed by atoms with Gasteiger partial charge in [-0.2, -0.15) is 0 Å². The van der Waals surface area contributed by atoms with E-state index in [1.165, 1.54) is 5.56 Å². The molecule has 0 heterocycles. The van der Waals surface area contributed by atoms with Gasteiger partial charge in [-0.3, -0.25) is 4.99 Å². The van der Waals surface area contributed by atoms with Crippen LogP contribution in [0.4, 0.5) is 0 Å². The number of guanidine groups is 1. The van der Waals surface area contributed by atoms with Gasteiger partial charge in [0.25, 0.3) is 0 Å². The first-order chi connectivity index (χ1) is 11.7. The molecule has 6 nitrogen and oxygen atoms in total. The molecule has 1 rings (SSSR count). The summed E-state index contributed by atoms with van der Waals surface area (Å²) < 4.78 is 15.9. The Balaban J connectivity index is 0.00000576. The van der Waals surface area contributed by atoms with Crippen molar-refractivity contribution in [3.05, 3.63) is 23.8 Å². The van der Waals surface area contributed by atoms with E-state index in [1.807, 2.05) is 19.1 Å². The van der Waals surface area contributed by atoms with Crippen molar-refractivity contribution in [3.63, 3.8) is 0 Å². The highest BCUT2D eigenvalue weighted by Gasteiger charge is 2.04. The zero-order chi connectivity index (χ0) is 17.6. The van der Waals surface area contributed by atoms with Crippen molar-refractivity contribution in [1.82, 2.24) is 10.6 Å². The van der Waals surface area contributed by atoms with E-state index in [0.29, 0.717) is 0 Å². The second kappa shape index (κ2) is 15.1. The number of ether oxygens (including phenoxy) is 3. The third kappa shape index (κ3) is 9.74. The number of nitrogens with one attached hydrogen (secondary N) is 2. The summed E-state index contributed by atoms with van der Waals surface area (Å²) in [7, 11) is 5.09. The minimum absolute atomic E-state index is 0. The highest BCUT2D eigenvalue weighted by atomic mass is 127. The maximum absolute atomic E-state index is 5.33. The Morgan fingerprint density at radius 2 is 1.72 bits per heavy atom. The Morgan fingerprint density at radius 1 is 1.04 bits per heavy atom. The molecular formula is C18H32IN3O3. The van der Waals surface area contributed by atoms with Crippen LogP contribution in [0, 0.1) is 0 Å². The average Bonchev–Trinajstić information content (AvgIpc) is 2.62. The second-order valence-electron chi connectivity index (χ2n) is 5.27. The van der Waals surface area contributed by atoms with Crippen LogP contribution in [0.15, 0.2) is 23.2 Å². The van der Waals surface area contributed by atoms with E-state index in [9.17, 15) is 0 Å². The molecule has 0 amide bonds. The van der Waals surface area contributed by atoms with Gasteiger partial charge in [-0.15, -0.1) is 24.0 Å². The van der Waals surface area contributed by atoms with Gasteiger partial charge in [0.15, 0.2) is 17.5 Å². The number of nitrogens with zero attached hydrogens (tertiary/aromatic N) is 1. The first-order valence-electron chi connectivity index (χ1n) is 8.48. The fourth-order valence-corrected chi connectivity index (χ4v) is 2.28. The van der Waals surface area contributed by atoms with Crippen molar-refractivity contribution in [1.29, 1.82) is 0 Å². The minimum Gasteiger partial charge on any atom is -0.493 e. The molecule has 0 fully saturated rings. The van der Waals surface area contributed by atoms with Gasteiger partial charge >= 0.3 is 0 Å². The Bertz CT molecular complexity index is 498. The van der Waals surface area contributed by atoms with Gasteiger partial charge in [-0.05, 0) is 43.9 Å². The molecule has 1 aromatic rings. The van der Waals surface area contributed by atoms with Gasteiger partial charge in [0.2, 0.25) is 0 Å². The normalized spacial score (nSPS) is 10.8. The molecule has 0 aliphatic heterocycles. The fraction of sp³-hybridized carbons (Fsp3) is 0.611. The summed E-state index contributed by atoms with van der Waals surface area (Å²) >= 11 is 0. The van der Waals surface area contributed by atoms with Crippen molar-refractivity contribution in [2.75, 3.05) is 47.6 Å². The first-order valence-corrected chi connectivity index (χ1v) is 8.48. The largest absolute Gasteiger partial charge is 0.493 e. The summed E-state index contributed by atoms with van der Waals surface area (Å²) in [6.45, 7) is 5.27. The Hall–Kier alpha value is -1.22. The topological polar surface area (TPSA) is 64.1 Å². The summed E-state index contributed by atoms with van der Waals surface area (Å²) in [6, 6.07) is 6.04. The number of aryl methyl sites for hydroxylation is 1. The predicted molar refractivity (Wildman–Crippen MR) is 114 cm³/mol. The third-order valence-corrected chi connectivity index (χ3v) is 3.57. The van der Waals surface area contributed by atoms with Crippen molar-refractivity contribution in [2.45, 2.75) is 26.2 Å². The highest BCUT2D eigenvalue weighted by molar-refractivity contribution is 14.0. The van der Waals surface area contributed by atoms with E-state index < -0.39 is 0 Å². The molecule has 144 valence electrons. The van der Waals surface area contributed by atoms with Gasteiger partial charge < -0.3 is 24.8 Å². The van der Waals surface area contributed by atoms with Crippen molar-refractivity contribution in [3.8, 4) is 11.5 Å². The molecule has 25 heavy (non-hydrogen) atoms. The lowest BCUT2D eigenvalue weighted by Crippen LogP contribution is -2.38. The van der Waals surface area contributed by atoms with E-state index in [1.54, 1.807) is 21.3 Å². The molecule has 0 aliphatic rings. The summed E-state index contributed by atoms with van der Waals surface area (Å²) in [5.74, 6) is 2.37. The lowest BCUT2D eigenvalue weighted by atomic mass is 10.1. The van der Waals surface area contributed by atoms with E-state index in [0.717, 1.165) is 63.0 Å². The number of hydrogen-bond acceptors (Lipinski definition) is 4. The van der Waals surface area contributed by atoms with E-state index in [-0.39, 0.29) is 24.0 Å². The molecule has 0 bridgehead atoms. The molecule has 7 heteroatoms. The van der Waals surface area contributed by atoms with Gasteiger partial charge in [-0.25, -0.2) is 0 Å². The summed E-state index contributed by atoms with van der Waals surface area (Å²) in [5.41, 5.74) is 1.23. The van der Waals surface area contributed by atoms with E-state index >= 15 is 0 Å². The maximum atomic E-state index is 5.33. The minimum atomic E-state index is 0. The highest BCUT2D eigenvalue weighted by Crippen LogP contribution is 2.27. The number of rotatable bonds is 11. The van der Waals surface area contributed by atoms with Crippen LogP contribution in [-0.2, 0) is 11.2 Å². The van der Waals surface area contributed by atoms with Crippen LogP contribution in [0.3, 0.4) is 0 Å². The maximum Gasteiger partial charge on any atom is 0.190 e. The molecule has 0 radical (unpaired) electrons. The van der Waals surface area contributed by atoms with Crippen molar-refractivity contribution < 1.29 is 14.2 Å². The zero-order valence-electron chi connectivity index (χ0n) is 15.8. The Kier molecular flexibility index (Phi) is 14.3. The van der Waals surface area contributed by atoms with Gasteiger partial charge in [0, 0.05) is 33.4 Å². The SMILES string of the molecule is CCOCCCNC(=NC)NCCCc1ccc(OC)c(OC)c1.I. The van der Waals surface area contributed by atoms with Crippen LogP contribution in [0.1, 0.15) is 25.3 Å². The predicted octanol–water partition coefficient (Wildman–Crippen LogP) is 2.85. The molecule has 0 saturated carbocycles. The Labute approximate surface area is 168 Å². The van der Waals surface area contributed by atoms with Crippen molar-refractivity contribution >= 4 is 29.9 Å². The molecule has 1 aromatic carbocycles. The fourth-order valence-electron chi connectivity index (χ4n) is 2.28. The lowest BCUT2D eigenvalue weighted by molar-refractivity contribution is 0.145. The van der Waals surface area contributed by atoms with Crippen LogP contribution in [0.5, 0.6) is 11.5 Å². The zero-order valence-corrected chi connectivity index (χ0v) is 18.1. The molecule has 2 N–H and O–H groups in total. The average molecular weight is 465 g/mol. The molecule has 0 aromatic heterocycles. The number of hydrogen-bond donors (Lipinski definition) is 2. The van der Waals surface area contributed by atoms with Gasteiger partial charge in [0.05, 0.1) is 14.2 Å². The van der Waals surface area contributed by atoms with Crippen molar-refractivity contribution in [2.24, 2.45) is 4.99 Å². The molecule has 0 atom stereocenters. The standard InChI is InChI=1S/C18H31N3O3.HI/c1-5-24-13-7-12-21-18(19-2)20-11-6-8-15-9-10-16(22-3)17(14-15)23-4;/h9-10,14H,5-8,11-13H2,1-4H3,(H2,19,20,21);1H. The summed E-state index contributed by atoms with van der Waals surface area (Å²) in [6.07, 6.45) is 2.95. The number of benzene rings is 1. The number of methoxy groups -OCH3 is 2. The molecule has 0 spiro atoms. The number of halogens is 1. The third-order valence-electron chi connectivity index (χ3n) is 3.57. The number of aliphatic imine (C=N–C) groups is 1. The molecule has 0 aliphatic carbocycles. The second-order valence-corrected chi connectivity index (χ2v) is 5.27. The van der Waals surface area contributed by atoms with Gasteiger partial charge in [-0.1, -0.05) is 6.07 Å². The van der Waals surface area contributed by atoms with Crippen LogP contribution in [-0.4, -0.2) is 53.5 Å². The van der Waals surface area contributed by atoms with E-state index in [4.69, 9.17) is 14.2 Å². The monoisotopic (exact) mass is 465 g/mol. The van der Waals surface area contributed by atoms with Gasteiger partial charge in [0.1, 0.15) is 0 Å². The molecular weight excluding hydrogens is 433 g/mol. The van der Waals surface area contributed by atoms with Crippen LogP contribution in [0.2, 0.25) is 0 Å². The van der Waals surface area contributed by atoms with Crippen LogP contribution in [0.25, 0.3) is 0 Å². The summed E-state index contributed by atoms with van der Waals surface area (Å²) in [4.78, 5) is 4.22. The van der Waals surface area contributed by atoms with E-state index in [2.05, 4.69) is 21.7 Å². The van der Waals surface area contributed by atoms with Crippen LogP contribution >= 0.6 is 24.0 Å². The lowest BCUT2D eigenvalue weighted by Gasteiger charge is -2.12. The first kappa shape index (κ1) is 23.8. The molecule has 0 saturated heterocycles. The quantitative estimate of drug-likeness (QED) is 0.228. The molecule has 0 unspecified atom stereocenters. The van der Waals surface area contributed by atoms with Crippen LogP contribution < -0.4 is 20.1 Å². The Morgan fingerprint density at radius 3 is 2.32 bits per heavy atom. The smallest absolute Gasteiger partial charge is 0.190 e.